The Morgan fingerprint density at radius 2 is 2.00 bits per heavy atom. The van der Waals surface area contributed by atoms with E-state index in [1.807, 2.05) is 12.1 Å². The van der Waals surface area contributed by atoms with Gasteiger partial charge in [-0.05, 0) is 50.4 Å². The van der Waals surface area contributed by atoms with E-state index in [1.165, 1.54) is 25.7 Å². The standard InChI is InChI=1S/C16H20ClN3O/c1-20-11-2-3-12(20)7-10(6-11)18-15-4-9-5-16(21)19-14(9)8-13(15)17/h4,8,10-12,18H,2-3,5-7H2,1H3,(H,19,21). The van der Waals surface area contributed by atoms with Crippen LogP contribution in [0.25, 0.3) is 0 Å². The second-order valence-electron chi connectivity index (χ2n) is 6.58. The Hall–Kier alpha value is -1.26. The summed E-state index contributed by atoms with van der Waals surface area (Å²) < 4.78 is 0. The molecule has 3 heterocycles. The molecule has 4 rings (SSSR count). The van der Waals surface area contributed by atoms with Gasteiger partial charge in [-0.15, -0.1) is 0 Å². The maximum atomic E-state index is 11.5. The Morgan fingerprint density at radius 3 is 2.71 bits per heavy atom. The molecular formula is C16H20ClN3O. The molecule has 2 fully saturated rings. The lowest BCUT2D eigenvalue weighted by Crippen LogP contribution is -2.44. The van der Waals surface area contributed by atoms with E-state index < -0.39 is 0 Å². The molecule has 3 aliphatic heterocycles. The van der Waals surface area contributed by atoms with Crippen molar-refractivity contribution in [2.24, 2.45) is 0 Å². The highest BCUT2D eigenvalue weighted by atomic mass is 35.5. The number of nitrogens with one attached hydrogen (secondary N) is 2. The molecule has 0 spiro atoms. The molecule has 0 radical (unpaired) electrons. The fraction of sp³-hybridized carbons (Fsp3) is 0.562. The Labute approximate surface area is 129 Å². The lowest BCUT2D eigenvalue weighted by molar-refractivity contribution is -0.115. The highest BCUT2D eigenvalue weighted by molar-refractivity contribution is 6.33. The predicted molar refractivity (Wildman–Crippen MR) is 85.0 cm³/mol. The van der Waals surface area contributed by atoms with Crippen LogP contribution in [0.2, 0.25) is 5.02 Å². The van der Waals surface area contributed by atoms with E-state index in [2.05, 4.69) is 22.6 Å². The molecule has 3 aliphatic rings. The van der Waals surface area contributed by atoms with Crippen LogP contribution in [-0.2, 0) is 11.2 Å². The molecule has 0 saturated carbocycles. The van der Waals surface area contributed by atoms with E-state index in [0.717, 1.165) is 16.9 Å². The molecular weight excluding hydrogens is 286 g/mol. The molecule has 1 amide bonds. The number of rotatable bonds is 2. The van der Waals surface area contributed by atoms with Crippen molar-refractivity contribution in [3.63, 3.8) is 0 Å². The molecule has 2 unspecified atom stereocenters. The van der Waals surface area contributed by atoms with Crippen LogP contribution in [0.1, 0.15) is 31.2 Å². The largest absolute Gasteiger partial charge is 0.381 e. The lowest BCUT2D eigenvalue weighted by atomic mass is 9.97. The maximum absolute atomic E-state index is 11.5. The first kappa shape index (κ1) is 13.4. The molecule has 21 heavy (non-hydrogen) atoms. The normalized spacial score (nSPS) is 31.1. The Bertz CT molecular complexity index is 589. The number of nitrogens with zero attached hydrogens (tertiary/aromatic N) is 1. The Morgan fingerprint density at radius 1 is 1.29 bits per heavy atom. The minimum absolute atomic E-state index is 0.0514. The van der Waals surface area contributed by atoms with Crippen LogP contribution in [-0.4, -0.2) is 36.0 Å². The first-order valence-corrected chi connectivity index (χ1v) is 8.08. The van der Waals surface area contributed by atoms with E-state index in [0.29, 0.717) is 29.6 Å². The number of piperidine rings is 1. The predicted octanol–water partition coefficient (Wildman–Crippen LogP) is 2.87. The lowest BCUT2D eigenvalue weighted by Gasteiger charge is -2.37. The summed E-state index contributed by atoms with van der Waals surface area (Å²) in [6.45, 7) is 0. The van der Waals surface area contributed by atoms with Crippen LogP contribution < -0.4 is 10.6 Å². The van der Waals surface area contributed by atoms with Crippen molar-refractivity contribution in [2.45, 2.75) is 50.2 Å². The SMILES string of the molecule is CN1C2CCC1CC(Nc1cc3c(cc1Cl)NC(=O)C3)C2. The van der Waals surface area contributed by atoms with E-state index in [-0.39, 0.29) is 5.91 Å². The molecule has 5 heteroatoms. The van der Waals surface area contributed by atoms with Gasteiger partial charge in [0.2, 0.25) is 5.91 Å². The molecule has 2 bridgehead atoms. The second kappa shape index (κ2) is 4.89. The van der Waals surface area contributed by atoms with Gasteiger partial charge >= 0.3 is 0 Å². The van der Waals surface area contributed by atoms with E-state index in [4.69, 9.17) is 11.6 Å². The Balaban J connectivity index is 1.53. The van der Waals surface area contributed by atoms with Crippen molar-refractivity contribution in [3.8, 4) is 0 Å². The van der Waals surface area contributed by atoms with Gasteiger partial charge in [0.15, 0.2) is 0 Å². The van der Waals surface area contributed by atoms with Crippen molar-refractivity contribution >= 4 is 28.9 Å². The van der Waals surface area contributed by atoms with Gasteiger partial charge in [-0.2, -0.15) is 0 Å². The van der Waals surface area contributed by atoms with E-state index in [1.54, 1.807) is 0 Å². The molecule has 0 aliphatic carbocycles. The molecule has 0 aromatic heterocycles. The van der Waals surface area contributed by atoms with Crippen molar-refractivity contribution in [1.82, 2.24) is 4.90 Å². The van der Waals surface area contributed by atoms with Crippen LogP contribution >= 0.6 is 11.6 Å². The molecule has 1 aromatic carbocycles. The number of halogens is 1. The summed E-state index contributed by atoms with van der Waals surface area (Å²) in [4.78, 5) is 14.0. The van der Waals surface area contributed by atoms with Crippen LogP contribution in [0.5, 0.6) is 0 Å². The summed E-state index contributed by atoms with van der Waals surface area (Å²) in [7, 11) is 2.25. The number of carbonyl (C=O) groups is 1. The summed E-state index contributed by atoms with van der Waals surface area (Å²) in [5.74, 6) is 0.0514. The average molecular weight is 306 g/mol. The van der Waals surface area contributed by atoms with Crippen molar-refractivity contribution in [2.75, 3.05) is 17.7 Å². The second-order valence-corrected chi connectivity index (χ2v) is 6.98. The van der Waals surface area contributed by atoms with Gasteiger partial charge in [0, 0.05) is 23.8 Å². The molecule has 1 aromatic rings. The molecule has 2 saturated heterocycles. The first-order valence-electron chi connectivity index (χ1n) is 7.71. The number of fused-ring (bicyclic) bond motifs is 3. The Kier molecular flexibility index (Phi) is 3.12. The van der Waals surface area contributed by atoms with Crippen LogP contribution in [0, 0.1) is 0 Å². The van der Waals surface area contributed by atoms with E-state index in [9.17, 15) is 4.79 Å². The third-order valence-corrected chi connectivity index (χ3v) is 5.59. The van der Waals surface area contributed by atoms with Crippen molar-refractivity contribution < 1.29 is 4.79 Å². The van der Waals surface area contributed by atoms with Crippen LogP contribution in [0.4, 0.5) is 11.4 Å². The summed E-state index contributed by atoms with van der Waals surface area (Å²) in [5, 5.41) is 7.16. The smallest absolute Gasteiger partial charge is 0.228 e. The molecule has 112 valence electrons. The van der Waals surface area contributed by atoms with Gasteiger partial charge in [0.1, 0.15) is 0 Å². The number of benzene rings is 1. The first-order chi connectivity index (χ1) is 10.1. The topological polar surface area (TPSA) is 44.4 Å². The van der Waals surface area contributed by atoms with Crippen LogP contribution in [0.15, 0.2) is 12.1 Å². The van der Waals surface area contributed by atoms with Gasteiger partial charge in [0.05, 0.1) is 17.1 Å². The number of anilines is 2. The summed E-state index contributed by atoms with van der Waals surface area (Å²) in [6.07, 6.45) is 5.44. The summed E-state index contributed by atoms with van der Waals surface area (Å²) in [5.41, 5.74) is 2.88. The zero-order valence-electron chi connectivity index (χ0n) is 12.2. The molecule has 2 N–H and O–H groups in total. The summed E-state index contributed by atoms with van der Waals surface area (Å²) >= 11 is 6.37. The number of hydrogen-bond acceptors (Lipinski definition) is 3. The average Bonchev–Trinajstić information content (AvgIpc) is 2.86. The zero-order chi connectivity index (χ0) is 14.6. The van der Waals surface area contributed by atoms with Crippen molar-refractivity contribution in [3.05, 3.63) is 22.7 Å². The number of carbonyl (C=O) groups excluding carboxylic acids is 1. The number of hydrogen-bond donors (Lipinski definition) is 2. The fourth-order valence-corrected chi connectivity index (χ4v) is 4.33. The zero-order valence-corrected chi connectivity index (χ0v) is 12.9. The highest BCUT2D eigenvalue weighted by Gasteiger charge is 2.38. The third kappa shape index (κ3) is 2.30. The van der Waals surface area contributed by atoms with Gasteiger partial charge in [-0.1, -0.05) is 11.6 Å². The minimum Gasteiger partial charge on any atom is -0.381 e. The van der Waals surface area contributed by atoms with Gasteiger partial charge in [0.25, 0.3) is 0 Å². The fourth-order valence-electron chi connectivity index (χ4n) is 4.11. The monoisotopic (exact) mass is 305 g/mol. The minimum atomic E-state index is 0.0514. The molecule has 2 atom stereocenters. The van der Waals surface area contributed by atoms with E-state index >= 15 is 0 Å². The maximum Gasteiger partial charge on any atom is 0.228 e. The van der Waals surface area contributed by atoms with Gasteiger partial charge < -0.3 is 15.5 Å². The number of amides is 1. The highest BCUT2D eigenvalue weighted by Crippen LogP contribution is 2.38. The molecule has 4 nitrogen and oxygen atoms in total. The summed E-state index contributed by atoms with van der Waals surface area (Å²) in [6, 6.07) is 5.80. The van der Waals surface area contributed by atoms with Gasteiger partial charge in [-0.3, -0.25) is 4.79 Å². The van der Waals surface area contributed by atoms with Crippen LogP contribution in [0.3, 0.4) is 0 Å². The van der Waals surface area contributed by atoms with Crippen molar-refractivity contribution in [1.29, 1.82) is 0 Å². The quantitative estimate of drug-likeness (QED) is 0.883. The van der Waals surface area contributed by atoms with Gasteiger partial charge in [-0.25, -0.2) is 0 Å². The third-order valence-electron chi connectivity index (χ3n) is 5.28.